The molecule has 0 aromatic heterocycles. The van der Waals surface area contributed by atoms with E-state index in [2.05, 4.69) is 15.9 Å². The predicted octanol–water partition coefficient (Wildman–Crippen LogP) is 4.97. The topological polar surface area (TPSA) is 9.23 Å². The molecule has 0 saturated heterocycles. The van der Waals surface area contributed by atoms with Crippen molar-refractivity contribution >= 4 is 27.5 Å². The Bertz CT molecular complexity index is 522. The van der Waals surface area contributed by atoms with Crippen molar-refractivity contribution in [3.05, 3.63) is 64.4 Å². The van der Waals surface area contributed by atoms with Gasteiger partial charge in [0.1, 0.15) is 11.6 Å². The molecule has 0 aliphatic carbocycles. The van der Waals surface area contributed by atoms with E-state index in [0.29, 0.717) is 10.6 Å². The number of alkyl halides is 1. The van der Waals surface area contributed by atoms with Gasteiger partial charge in [0.05, 0.1) is 11.9 Å². The van der Waals surface area contributed by atoms with Crippen LogP contribution in [0.25, 0.3) is 0 Å². The van der Waals surface area contributed by atoms with Crippen molar-refractivity contribution in [3.8, 4) is 5.75 Å². The van der Waals surface area contributed by atoms with Crippen LogP contribution in [0.3, 0.4) is 0 Å². The summed E-state index contributed by atoms with van der Waals surface area (Å²) in [5.74, 6) is 0.443. The molecule has 2 aromatic carbocycles. The third-order valence-corrected chi connectivity index (χ3v) is 3.98. The average molecular weight is 330 g/mol. The number of halogens is 3. The van der Waals surface area contributed by atoms with Crippen LogP contribution in [-0.2, 0) is 0 Å². The first-order chi connectivity index (χ1) is 8.63. The molecule has 2 aromatic rings. The molecule has 0 aliphatic rings. The van der Waals surface area contributed by atoms with Crippen LogP contribution in [0.4, 0.5) is 4.39 Å². The molecule has 0 radical (unpaired) electrons. The number of rotatable bonds is 3. The summed E-state index contributed by atoms with van der Waals surface area (Å²) in [5.41, 5.74) is 1.37. The van der Waals surface area contributed by atoms with Gasteiger partial charge in [-0.25, -0.2) is 4.39 Å². The van der Waals surface area contributed by atoms with Crippen LogP contribution in [0, 0.1) is 5.82 Å². The van der Waals surface area contributed by atoms with E-state index in [9.17, 15) is 4.39 Å². The summed E-state index contributed by atoms with van der Waals surface area (Å²) in [6.07, 6.45) is 0. The number of benzene rings is 2. The van der Waals surface area contributed by atoms with Gasteiger partial charge in [-0.3, -0.25) is 0 Å². The summed E-state index contributed by atoms with van der Waals surface area (Å²) in [6, 6.07) is 12.1. The highest BCUT2D eigenvalue weighted by molar-refractivity contribution is 9.09. The number of hydrogen-bond donors (Lipinski definition) is 0. The molecule has 0 amide bonds. The third-order valence-electron chi connectivity index (χ3n) is 2.66. The molecule has 0 heterocycles. The number of methoxy groups -OCH3 is 1. The van der Waals surface area contributed by atoms with Gasteiger partial charge >= 0.3 is 0 Å². The Hall–Kier alpha value is -1.06. The fourth-order valence-corrected chi connectivity index (χ4v) is 2.87. The first-order valence-electron chi connectivity index (χ1n) is 5.35. The molecular formula is C14H11BrClFO. The monoisotopic (exact) mass is 328 g/mol. The van der Waals surface area contributed by atoms with Gasteiger partial charge in [0.2, 0.25) is 0 Å². The standard InChI is InChI=1S/C14H11BrClFO/c1-18-10-7-5-9(6-8-10)14(15)13-11(16)3-2-4-12(13)17/h2-8,14H,1H3. The molecule has 0 aliphatic heterocycles. The largest absolute Gasteiger partial charge is 0.497 e. The Morgan fingerprint density at radius 1 is 1.17 bits per heavy atom. The van der Waals surface area contributed by atoms with E-state index in [-0.39, 0.29) is 10.6 Å². The van der Waals surface area contributed by atoms with Crippen LogP contribution in [0.1, 0.15) is 16.0 Å². The summed E-state index contributed by atoms with van der Waals surface area (Å²) in [4.78, 5) is -0.280. The molecule has 0 fully saturated rings. The van der Waals surface area contributed by atoms with Crippen molar-refractivity contribution in [2.45, 2.75) is 4.83 Å². The smallest absolute Gasteiger partial charge is 0.129 e. The van der Waals surface area contributed by atoms with E-state index in [4.69, 9.17) is 16.3 Å². The molecule has 0 bridgehead atoms. The number of hydrogen-bond acceptors (Lipinski definition) is 1. The van der Waals surface area contributed by atoms with Gasteiger partial charge in [-0.05, 0) is 29.8 Å². The lowest BCUT2D eigenvalue weighted by Crippen LogP contribution is -1.97. The molecule has 2 rings (SSSR count). The minimum Gasteiger partial charge on any atom is -0.497 e. The molecule has 0 N–H and O–H groups in total. The summed E-state index contributed by atoms with van der Waals surface area (Å²) >= 11 is 9.52. The van der Waals surface area contributed by atoms with Crippen LogP contribution in [-0.4, -0.2) is 7.11 Å². The first kappa shape index (κ1) is 13.4. The van der Waals surface area contributed by atoms with Gasteiger partial charge in [0.15, 0.2) is 0 Å². The Balaban J connectivity index is 2.38. The quantitative estimate of drug-likeness (QED) is 0.722. The summed E-state index contributed by atoms with van der Waals surface area (Å²) in [5, 5.41) is 0.410. The minimum absolute atomic E-state index is 0.280. The van der Waals surface area contributed by atoms with E-state index in [1.54, 1.807) is 19.2 Å². The summed E-state index contributed by atoms with van der Waals surface area (Å²) in [7, 11) is 1.61. The molecule has 94 valence electrons. The molecule has 4 heteroatoms. The van der Waals surface area contributed by atoms with Crippen molar-refractivity contribution in [3.63, 3.8) is 0 Å². The highest BCUT2D eigenvalue weighted by atomic mass is 79.9. The lowest BCUT2D eigenvalue weighted by atomic mass is 10.0. The lowest BCUT2D eigenvalue weighted by molar-refractivity contribution is 0.414. The SMILES string of the molecule is COc1ccc(C(Br)c2c(F)cccc2Cl)cc1. The van der Waals surface area contributed by atoms with Crippen molar-refractivity contribution in [1.82, 2.24) is 0 Å². The zero-order valence-electron chi connectivity index (χ0n) is 9.66. The molecule has 18 heavy (non-hydrogen) atoms. The van der Waals surface area contributed by atoms with E-state index < -0.39 is 0 Å². The average Bonchev–Trinajstić information content (AvgIpc) is 2.38. The Kier molecular flexibility index (Phi) is 4.25. The third kappa shape index (κ3) is 2.68. The highest BCUT2D eigenvalue weighted by Gasteiger charge is 2.17. The summed E-state index contributed by atoms with van der Waals surface area (Å²) in [6.45, 7) is 0. The highest BCUT2D eigenvalue weighted by Crippen LogP contribution is 2.37. The fourth-order valence-electron chi connectivity index (χ4n) is 1.69. The van der Waals surface area contributed by atoms with Crippen LogP contribution in [0.2, 0.25) is 5.02 Å². The van der Waals surface area contributed by atoms with E-state index in [0.717, 1.165) is 11.3 Å². The second-order valence-corrected chi connectivity index (χ2v) is 5.09. The van der Waals surface area contributed by atoms with Crippen molar-refractivity contribution in [2.24, 2.45) is 0 Å². The van der Waals surface area contributed by atoms with Gasteiger partial charge in [0.25, 0.3) is 0 Å². The normalized spacial score (nSPS) is 12.2. The van der Waals surface area contributed by atoms with Crippen LogP contribution in [0.15, 0.2) is 42.5 Å². The maximum absolute atomic E-state index is 13.8. The van der Waals surface area contributed by atoms with Crippen molar-refractivity contribution in [1.29, 1.82) is 0 Å². The fraction of sp³-hybridized carbons (Fsp3) is 0.143. The Morgan fingerprint density at radius 3 is 2.39 bits per heavy atom. The van der Waals surface area contributed by atoms with Crippen LogP contribution in [0.5, 0.6) is 5.75 Å². The molecule has 1 atom stereocenters. The molecule has 0 saturated carbocycles. The van der Waals surface area contributed by atoms with Gasteiger partial charge in [-0.2, -0.15) is 0 Å². The molecule has 0 spiro atoms. The maximum Gasteiger partial charge on any atom is 0.129 e. The van der Waals surface area contributed by atoms with Crippen molar-refractivity contribution in [2.75, 3.05) is 7.11 Å². The zero-order valence-corrected chi connectivity index (χ0v) is 12.0. The molecule has 1 nitrogen and oxygen atoms in total. The van der Waals surface area contributed by atoms with E-state index in [1.807, 2.05) is 24.3 Å². The van der Waals surface area contributed by atoms with Gasteiger partial charge in [-0.15, -0.1) is 0 Å². The van der Waals surface area contributed by atoms with Gasteiger partial charge < -0.3 is 4.74 Å². The van der Waals surface area contributed by atoms with Gasteiger partial charge in [-0.1, -0.05) is 45.7 Å². The van der Waals surface area contributed by atoms with Crippen molar-refractivity contribution < 1.29 is 9.13 Å². The predicted molar refractivity (Wildman–Crippen MR) is 75.2 cm³/mol. The van der Waals surface area contributed by atoms with E-state index in [1.165, 1.54) is 6.07 Å². The lowest BCUT2D eigenvalue weighted by Gasteiger charge is -2.13. The summed E-state index contributed by atoms with van der Waals surface area (Å²) < 4.78 is 18.9. The zero-order chi connectivity index (χ0) is 13.1. The number of ether oxygens (including phenoxy) is 1. The van der Waals surface area contributed by atoms with Crippen LogP contribution >= 0.6 is 27.5 Å². The second-order valence-electron chi connectivity index (χ2n) is 3.77. The Morgan fingerprint density at radius 2 is 1.83 bits per heavy atom. The minimum atomic E-state index is -0.319. The molecule has 1 unspecified atom stereocenters. The van der Waals surface area contributed by atoms with Crippen LogP contribution < -0.4 is 4.74 Å². The maximum atomic E-state index is 13.8. The van der Waals surface area contributed by atoms with E-state index >= 15 is 0 Å². The second kappa shape index (κ2) is 5.72. The first-order valence-corrected chi connectivity index (χ1v) is 6.64. The van der Waals surface area contributed by atoms with Gasteiger partial charge in [0, 0.05) is 10.6 Å². The molecular weight excluding hydrogens is 319 g/mol. The Labute approximate surface area is 119 Å².